The molecule has 1 saturated carbocycles. The summed E-state index contributed by atoms with van der Waals surface area (Å²) in [6, 6.07) is 6.21. The fourth-order valence-corrected chi connectivity index (χ4v) is 4.97. The molecule has 2 unspecified atom stereocenters. The Morgan fingerprint density at radius 3 is 2.77 bits per heavy atom. The minimum Gasteiger partial charge on any atom is -0.464 e. The van der Waals surface area contributed by atoms with E-state index in [2.05, 4.69) is 9.71 Å². The molecule has 0 aliphatic heterocycles. The van der Waals surface area contributed by atoms with Crippen molar-refractivity contribution in [2.45, 2.75) is 30.2 Å². The van der Waals surface area contributed by atoms with E-state index < -0.39 is 16.0 Å². The molecule has 7 nitrogen and oxygen atoms in total. The Kier molecular flexibility index (Phi) is 6.57. The average Bonchev–Trinajstić information content (AvgIpc) is 3.06. The molecule has 1 aromatic heterocycles. The average molecular weight is 400 g/mol. The summed E-state index contributed by atoms with van der Waals surface area (Å²) in [6.07, 6.45) is 4.07. The van der Waals surface area contributed by atoms with Gasteiger partial charge >= 0.3 is 5.97 Å². The van der Waals surface area contributed by atoms with Gasteiger partial charge in [0.15, 0.2) is 5.69 Å². The molecule has 3 N–H and O–H groups in total. The van der Waals surface area contributed by atoms with Crippen LogP contribution in [0.4, 0.5) is 0 Å². The normalized spacial score (nSPS) is 19.9. The van der Waals surface area contributed by atoms with Crippen molar-refractivity contribution in [2.75, 3.05) is 13.7 Å². The number of carbonyl (C=O) groups is 1. The van der Waals surface area contributed by atoms with Gasteiger partial charge in [-0.25, -0.2) is 22.9 Å². The van der Waals surface area contributed by atoms with Gasteiger partial charge < -0.3 is 10.5 Å². The summed E-state index contributed by atoms with van der Waals surface area (Å²) in [5, 5.41) is 0.881. The molecule has 142 valence electrons. The van der Waals surface area contributed by atoms with Gasteiger partial charge in [0.1, 0.15) is 0 Å². The Bertz CT molecular complexity index is 904. The van der Waals surface area contributed by atoms with Gasteiger partial charge in [-0.15, -0.1) is 12.4 Å². The van der Waals surface area contributed by atoms with Gasteiger partial charge in [0.25, 0.3) is 0 Å². The Morgan fingerprint density at radius 2 is 2.08 bits per heavy atom. The van der Waals surface area contributed by atoms with Crippen molar-refractivity contribution in [1.82, 2.24) is 9.71 Å². The third kappa shape index (κ3) is 3.83. The van der Waals surface area contributed by atoms with Crippen LogP contribution >= 0.6 is 12.4 Å². The molecule has 0 spiro atoms. The molecule has 2 aromatic rings. The molecule has 2 atom stereocenters. The number of pyridine rings is 1. The number of methoxy groups -OCH3 is 1. The van der Waals surface area contributed by atoms with Gasteiger partial charge in [-0.1, -0.05) is 18.6 Å². The van der Waals surface area contributed by atoms with E-state index in [-0.39, 0.29) is 35.0 Å². The zero-order valence-corrected chi connectivity index (χ0v) is 16.0. The summed E-state index contributed by atoms with van der Waals surface area (Å²) < 4.78 is 33.4. The van der Waals surface area contributed by atoms with E-state index >= 15 is 0 Å². The van der Waals surface area contributed by atoms with Gasteiger partial charge in [-0.05, 0) is 37.4 Å². The van der Waals surface area contributed by atoms with E-state index in [0.29, 0.717) is 17.3 Å². The Morgan fingerprint density at radius 1 is 1.31 bits per heavy atom. The molecule has 1 aliphatic rings. The molecule has 0 amide bonds. The summed E-state index contributed by atoms with van der Waals surface area (Å²) in [5.41, 5.74) is 5.84. The second kappa shape index (κ2) is 8.30. The molecule has 9 heteroatoms. The lowest BCUT2D eigenvalue weighted by Gasteiger charge is -2.20. The maximum atomic E-state index is 12.9. The highest BCUT2D eigenvalue weighted by Gasteiger charge is 2.31. The number of aromatic nitrogens is 1. The SMILES string of the molecule is COC(=O)c1nccc2c(S(=O)(=O)NC3CCCC3CN)cccc12.Cl. The first-order valence-electron chi connectivity index (χ1n) is 8.16. The number of carbonyl (C=O) groups excluding carboxylic acids is 1. The van der Waals surface area contributed by atoms with Crippen LogP contribution in [0.2, 0.25) is 0 Å². The summed E-state index contributed by atoms with van der Waals surface area (Å²) in [4.78, 5) is 16.0. The first-order valence-corrected chi connectivity index (χ1v) is 9.64. The van der Waals surface area contributed by atoms with Crippen LogP contribution in [-0.4, -0.2) is 39.1 Å². The molecule has 1 aliphatic carbocycles. The fraction of sp³-hybridized carbons (Fsp3) is 0.412. The smallest absolute Gasteiger partial charge is 0.357 e. The van der Waals surface area contributed by atoms with Crippen LogP contribution in [0.5, 0.6) is 0 Å². The van der Waals surface area contributed by atoms with E-state index in [1.807, 2.05) is 0 Å². The molecule has 0 saturated heterocycles. The number of halogens is 1. The Hall–Kier alpha value is -1.74. The number of nitrogens with zero attached hydrogens (tertiary/aromatic N) is 1. The van der Waals surface area contributed by atoms with Gasteiger partial charge in [0, 0.05) is 23.0 Å². The first kappa shape index (κ1) is 20.6. The van der Waals surface area contributed by atoms with E-state index in [0.717, 1.165) is 19.3 Å². The highest BCUT2D eigenvalue weighted by atomic mass is 35.5. The number of fused-ring (bicyclic) bond motifs is 1. The minimum atomic E-state index is -3.75. The van der Waals surface area contributed by atoms with Gasteiger partial charge in [-0.2, -0.15) is 0 Å². The largest absolute Gasteiger partial charge is 0.464 e. The summed E-state index contributed by atoms with van der Waals surface area (Å²) in [6.45, 7) is 0.457. The maximum absolute atomic E-state index is 12.9. The quantitative estimate of drug-likeness (QED) is 0.742. The third-order valence-corrected chi connectivity index (χ3v) is 6.25. The predicted molar refractivity (Wildman–Crippen MR) is 101 cm³/mol. The van der Waals surface area contributed by atoms with Crippen molar-refractivity contribution in [3.8, 4) is 0 Å². The van der Waals surface area contributed by atoms with Crippen molar-refractivity contribution in [1.29, 1.82) is 0 Å². The van der Waals surface area contributed by atoms with Crippen LogP contribution in [0, 0.1) is 5.92 Å². The number of hydrogen-bond acceptors (Lipinski definition) is 6. The third-order valence-electron chi connectivity index (χ3n) is 4.70. The molecule has 1 fully saturated rings. The van der Waals surface area contributed by atoms with E-state index in [1.54, 1.807) is 18.2 Å². The first-order chi connectivity index (χ1) is 12.0. The molecule has 1 heterocycles. The van der Waals surface area contributed by atoms with Crippen molar-refractivity contribution in [3.63, 3.8) is 0 Å². The van der Waals surface area contributed by atoms with Crippen LogP contribution in [0.3, 0.4) is 0 Å². The second-order valence-corrected chi connectivity index (χ2v) is 7.84. The van der Waals surface area contributed by atoms with Gasteiger partial charge in [-0.3, -0.25) is 0 Å². The molecule has 1 aromatic carbocycles. The zero-order valence-electron chi connectivity index (χ0n) is 14.3. The lowest BCUT2D eigenvalue weighted by molar-refractivity contribution is 0.0596. The van der Waals surface area contributed by atoms with Crippen LogP contribution in [-0.2, 0) is 14.8 Å². The number of rotatable bonds is 5. The molecule has 0 radical (unpaired) electrons. The highest BCUT2D eigenvalue weighted by Crippen LogP contribution is 2.29. The van der Waals surface area contributed by atoms with Crippen molar-refractivity contribution >= 4 is 39.2 Å². The maximum Gasteiger partial charge on any atom is 0.357 e. The number of ether oxygens (including phenoxy) is 1. The van der Waals surface area contributed by atoms with E-state index in [9.17, 15) is 13.2 Å². The molecular weight excluding hydrogens is 378 g/mol. The van der Waals surface area contributed by atoms with Crippen molar-refractivity contribution in [3.05, 3.63) is 36.2 Å². The highest BCUT2D eigenvalue weighted by molar-refractivity contribution is 7.89. The number of benzene rings is 1. The van der Waals surface area contributed by atoms with E-state index in [1.165, 1.54) is 19.4 Å². The molecule has 26 heavy (non-hydrogen) atoms. The fourth-order valence-electron chi connectivity index (χ4n) is 3.41. The summed E-state index contributed by atoms with van der Waals surface area (Å²) in [7, 11) is -2.49. The lowest BCUT2D eigenvalue weighted by Crippen LogP contribution is -2.39. The topological polar surface area (TPSA) is 111 Å². The molecule has 0 bridgehead atoms. The standard InChI is InChI=1S/C17H21N3O4S.ClH/c1-24-17(21)16-13-5-3-7-15(12(13)8-9-19-16)25(22,23)20-14-6-2-4-11(14)10-18;/h3,5,7-9,11,14,20H,2,4,6,10,18H2,1H3;1H. The Balaban J connectivity index is 0.00000243. The zero-order chi connectivity index (χ0) is 18.0. The van der Waals surface area contributed by atoms with Crippen molar-refractivity contribution < 1.29 is 17.9 Å². The van der Waals surface area contributed by atoms with Crippen LogP contribution < -0.4 is 10.5 Å². The number of esters is 1. The minimum absolute atomic E-state index is 0. The van der Waals surface area contributed by atoms with Gasteiger partial charge in [0.2, 0.25) is 10.0 Å². The summed E-state index contributed by atoms with van der Waals surface area (Å²) >= 11 is 0. The van der Waals surface area contributed by atoms with Crippen LogP contribution in [0.1, 0.15) is 29.8 Å². The molecule has 3 rings (SSSR count). The summed E-state index contributed by atoms with van der Waals surface area (Å²) in [5.74, 6) is -0.454. The predicted octanol–water partition coefficient (Wildman–Crippen LogP) is 1.85. The van der Waals surface area contributed by atoms with Crippen LogP contribution in [0.15, 0.2) is 35.4 Å². The van der Waals surface area contributed by atoms with Gasteiger partial charge in [0.05, 0.1) is 12.0 Å². The second-order valence-electron chi connectivity index (χ2n) is 6.16. The lowest BCUT2D eigenvalue weighted by atomic mass is 10.1. The molecular formula is C17H22ClN3O4S. The number of sulfonamides is 1. The Labute approximate surface area is 158 Å². The van der Waals surface area contributed by atoms with Crippen LogP contribution in [0.25, 0.3) is 10.8 Å². The monoisotopic (exact) mass is 399 g/mol. The number of nitrogens with one attached hydrogen (secondary N) is 1. The number of hydrogen-bond donors (Lipinski definition) is 2. The van der Waals surface area contributed by atoms with E-state index in [4.69, 9.17) is 10.5 Å². The van der Waals surface area contributed by atoms with Crippen molar-refractivity contribution in [2.24, 2.45) is 11.7 Å². The number of nitrogens with two attached hydrogens (primary N) is 1.